The summed E-state index contributed by atoms with van der Waals surface area (Å²) in [4.78, 5) is 4.25. The van der Waals surface area contributed by atoms with Crippen molar-refractivity contribution in [1.82, 2.24) is 9.55 Å². The summed E-state index contributed by atoms with van der Waals surface area (Å²) in [5, 5.41) is 0. The number of para-hydroxylation sites is 1. The normalized spacial score (nSPS) is 11.3. The van der Waals surface area contributed by atoms with E-state index in [1.807, 2.05) is 10.6 Å². The lowest BCUT2D eigenvalue weighted by Gasteiger charge is -2.07. The Kier molecular flexibility index (Phi) is 4.55. The second kappa shape index (κ2) is 6.16. The van der Waals surface area contributed by atoms with Gasteiger partial charge in [-0.1, -0.05) is 6.07 Å². The number of aromatic nitrogens is 2. The van der Waals surface area contributed by atoms with Gasteiger partial charge in [0.1, 0.15) is 11.3 Å². The number of hydrogen-bond donors (Lipinski definition) is 0. The topological polar surface area (TPSA) is 27.1 Å². The first-order valence-corrected chi connectivity index (χ1v) is 6.50. The number of imidazole rings is 1. The van der Waals surface area contributed by atoms with E-state index in [0.29, 0.717) is 17.2 Å². The van der Waals surface area contributed by atoms with Gasteiger partial charge in [0.15, 0.2) is 5.82 Å². The molecular formula is C13H16ClFN2O. The molecule has 0 spiro atoms. The van der Waals surface area contributed by atoms with E-state index in [0.717, 1.165) is 31.5 Å². The van der Waals surface area contributed by atoms with Crippen LogP contribution >= 0.6 is 11.6 Å². The van der Waals surface area contributed by atoms with Crippen molar-refractivity contribution in [3.05, 3.63) is 29.8 Å². The van der Waals surface area contributed by atoms with Gasteiger partial charge in [0, 0.05) is 20.3 Å². The number of aryl methyl sites for hydroxylation is 1. The maximum atomic E-state index is 13.6. The molecule has 0 saturated heterocycles. The lowest BCUT2D eigenvalue weighted by Crippen LogP contribution is -2.03. The summed E-state index contributed by atoms with van der Waals surface area (Å²) >= 11 is 5.87. The summed E-state index contributed by atoms with van der Waals surface area (Å²) in [6.07, 6.45) is 1.92. The summed E-state index contributed by atoms with van der Waals surface area (Å²) in [5.74, 6) is 0.710. The molecule has 1 aromatic carbocycles. The molecule has 1 heterocycles. The molecule has 0 amide bonds. The van der Waals surface area contributed by atoms with Crippen LogP contribution in [0.4, 0.5) is 4.39 Å². The molecule has 0 aliphatic carbocycles. The van der Waals surface area contributed by atoms with Crippen LogP contribution in [0.15, 0.2) is 18.2 Å². The Morgan fingerprint density at radius 3 is 2.94 bits per heavy atom. The Morgan fingerprint density at radius 1 is 1.39 bits per heavy atom. The number of hydrogen-bond acceptors (Lipinski definition) is 2. The van der Waals surface area contributed by atoms with E-state index in [1.165, 1.54) is 6.07 Å². The van der Waals surface area contributed by atoms with Crippen molar-refractivity contribution in [3.63, 3.8) is 0 Å². The van der Waals surface area contributed by atoms with Gasteiger partial charge in [-0.15, -0.1) is 11.6 Å². The number of fused-ring (bicyclic) bond motifs is 1. The van der Waals surface area contributed by atoms with E-state index in [2.05, 4.69) is 4.98 Å². The third-order valence-electron chi connectivity index (χ3n) is 2.91. The molecule has 0 unspecified atom stereocenters. The summed E-state index contributed by atoms with van der Waals surface area (Å²) < 4.78 is 20.6. The van der Waals surface area contributed by atoms with Crippen molar-refractivity contribution in [2.45, 2.75) is 25.3 Å². The average molecular weight is 271 g/mol. The quantitative estimate of drug-likeness (QED) is 0.595. The SMILES string of the molecule is COCCCCn1c(CCl)nc2c(F)cccc21. The van der Waals surface area contributed by atoms with Gasteiger partial charge < -0.3 is 9.30 Å². The van der Waals surface area contributed by atoms with E-state index in [1.54, 1.807) is 13.2 Å². The Hall–Kier alpha value is -1.13. The second-order valence-electron chi connectivity index (χ2n) is 4.12. The fourth-order valence-electron chi connectivity index (χ4n) is 2.03. The molecule has 0 aliphatic heterocycles. The lowest BCUT2D eigenvalue weighted by molar-refractivity contribution is 0.191. The first-order chi connectivity index (χ1) is 8.77. The van der Waals surface area contributed by atoms with Crippen LogP contribution in [0.1, 0.15) is 18.7 Å². The monoisotopic (exact) mass is 270 g/mol. The largest absolute Gasteiger partial charge is 0.385 e. The Balaban J connectivity index is 2.26. The van der Waals surface area contributed by atoms with Crippen LogP contribution in [0.2, 0.25) is 0 Å². The lowest BCUT2D eigenvalue weighted by atomic mass is 10.3. The standard InChI is InChI=1S/C13H16ClFN2O/c1-18-8-3-2-7-17-11-6-4-5-10(15)13(11)16-12(17)9-14/h4-6H,2-3,7-9H2,1H3. The van der Waals surface area contributed by atoms with Crippen LogP contribution in [0.25, 0.3) is 11.0 Å². The van der Waals surface area contributed by atoms with Crippen LogP contribution in [0.3, 0.4) is 0 Å². The number of ether oxygens (including phenoxy) is 1. The number of unbranched alkanes of at least 4 members (excludes halogenated alkanes) is 1. The van der Waals surface area contributed by atoms with Gasteiger partial charge in [0.2, 0.25) is 0 Å². The van der Waals surface area contributed by atoms with Gasteiger partial charge in [-0.25, -0.2) is 9.37 Å². The highest BCUT2D eigenvalue weighted by atomic mass is 35.5. The minimum absolute atomic E-state index is 0.290. The third-order valence-corrected chi connectivity index (χ3v) is 3.15. The molecule has 18 heavy (non-hydrogen) atoms. The summed E-state index contributed by atoms with van der Waals surface area (Å²) in [6.45, 7) is 1.52. The molecule has 0 radical (unpaired) electrons. The zero-order chi connectivity index (χ0) is 13.0. The van der Waals surface area contributed by atoms with Gasteiger partial charge >= 0.3 is 0 Å². The van der Waals surface area contributed by atoms with Gasteiger partial charge in [-0.3, -0.25) is 0 Å². The Labute approximate surface area is 111 Å². The first-order valence-electron chi connectivity index (χ1n) is 5.96. The van der Waals surface area contributed by atoms with Crippen molar-refractivity contribution < 1.29 is 9.13 Å². The molecular weight excluding hydrogens is 255 g/mol. The fourth-order valence-corrected chi connectivity index (χ4v) is 2.23. The van der Waals surface area contributed by atoms with Gasteiger partial charge in [0.25, 0.3) is 0 Å². The van der Waals surface area contributed by atoms with Gasteiger partial charge in [-0.2, -0.15) is 0 Å². The van der Waals surface area contributed by atoms with Crippen LogP contribution in [-0.2, 0) is 17.2 Å². The van der Waals surface area contributed by atoms with E-state index in [4.69, 9.17) is 16.3 Å². The van der Waals surface area contributed by atoms with Crippen molar-refractivity contribution in [2.24, 2.45) is 0 Å². The van der Waals surface area contributed by atoms with Crippen molar-refractivity contribution >= 4 is 22.6 Å². The molecule has 5 heteroatoms. The zero-order valence-electron chi connectivity index (χ0n) is 10.3. The van der Waals surface area contributed by atoms with Crippen molar-refractivity contribution in [1.29, 1.82) is 0 Å². The van der Waals surface area contributed by atoms with Crippen LogP contribution in [-0.4, -0.2) is 23.3 Å². The molecule has 0 fully saturated rings. The van der Waals surface area contributed by atoms with Gasteiger partial charge in [0.05, 0.1) is 11.4 Å². The summed E-state index contributed by atoms with van der Waals surface area (Å²) in [6, 6.07) is 4.99. The van der Waals surface area contributed by atoms with Crippen molar-refractivity contribution in [3.8, 4) is 0 Å². The highest BCUT2D eigenvalue weighted by Crippen LogP contribution is 2.20. The average Bonchev–Trinajstić information content (AvgIpc) is 2.74. The molecule has 2 rings (SSSR count). The number of methoxy groups -OCH3 is 1. The van der Waals surface area contributed by atoms with Crippen LogP contribution in [0, 0.1) is 5.82 Å². The third kappa shape index (κ3) is 2.65. The number of nitrogens with zero attached hydrogens (tertiary/aromatic N) is 2. The minimum atomic E-state index is -0.297. The summed E-state index contributed by atoms with van der Waals surface area (Å²) in [7, 11) is 1.69. The van der Waals surface area contributed by atoms with E-state index in [9.17, 15) is 4.39 Å². The number of alkyl halides is 1. The Morgan fingerprint density at radius 2 is 2.22 bits per heavy atom. The maximum absolute atomic E-state index is 13.6. The van der Waals surface area contributed by atoms with Gasteiger partial charge in [-0.05, 0) is 25.0 Å². The van der Waals surface area contributed by atoms with Crippen molar-refractivity contribution in [2.75, 3.05) is 13.7 Å². The van der Waals surface area contributed by atoms with Crippen LogP contribution < -0.4 is 0 Å². The summed E-state index contributed by atoms with van der Waals surface area (Å²) in [5.41, 5.74) is 1.21. The predicted molar refractivity (Wildman–Crippen MR) is 70.4 cm³/mol. The highest BCUT2D eigenvalue weighted by Gasteiger charge is 2.12. The number of halogens is 2. The molecule has 0 bridgehead atoms. The molecule has 1 aromatic heterocycles. The zero-order valence-corrected chi connectivity index (χ0v) is 11.1. The van der Waals surface area contributed by atoms with Crippen LogP contribution in [0.5, 0.6) is 0 Å². The molecule has 2 aromatic rings. The van der Waals surface area contributed by atoms with E-state index < -0.39 is 0 Å². The second-order valence-corrected chi connectivity index (χ2v) is 4.39. The molecule has 0 atom stereocenters. The first kappa shape index (κ1) is 13.3. The molecule has 0 saturated carbocycles. The molecule has 0 aliphatic rings. The fraction of sp³-hybridized carbons (Fsp3) is 0.462. The number of rotatable bonds is 6. The maximum Gasteiger partial charge on any atom is 0.151 e. The molecule has 98 valence electrons. The molecule has 0 N–H and O–H groups in total. The minimum Gasteiger partial charge on any atom is -0.385 e. The highest BCUT2D eigenvalue weighted by molar-refractivity contribution is 6.16. The van der Waals surface area contributed by atoms with E-state index in [-0.39, 0.29) is 5.82 Å². The molecule has 3 nitrogen and oxygen atoms in total. The Bertz CT molecular complexity index is 527. The number of benzene rings is 1. The van der Waals surface area contributed by atoms with E-state index >= 15 is 0 Å². The smallest absolute Gasteiger partial charge is 0.151 e. The predicted octanol–water partition coefficient (Wildman–Crippen LogP) is 3.34.